The average Bonchev–Trinajstić information content (AvgIpc) is 3.23. The molecule has 0 aliphatic carbocycles. The van der Waals surface area contributed by atoms with Gasteiger partial charge in [0.1, 0.15) is 11.9 Å². The lowest BCUT2D eigenvalue weighted by atomic mass is 9.96. The van der Waals surface area contributed by atoms with Gasteiger partial charge in [-0.25, -0.2) is 4.79 Å². The van der Waals surface area contributed by atoms with E-state index in [2.05, 4.69) is 18.0 Å². The summed E-state index contributed by atoms with van der Waals surface area (Å²) in [5.41, 5.74) is 3.48. The Bertz CT molecular complexity index is 1140. The molecule has 0 spiro atoms. The minimum absolute atomic E-state index is 0.0212. The van der Waals surface area contributed by atoms with Gasteiger partial charge in [0.2, 0.25) is 0 Å². The molecule has 2 aliphatic heterocycles. The molecule has 2 aliphatic rings. The highest BCUT2D eigenvalue weighted by Gasteiger charge is 2.33. The Morgan fingerprint density at radius 3 is 2.62 bits per heavy atom. The lowest BCUT2D eigenvalue weighted by molar-refractivity contribution is 0.0690. The van der Waals surface area contributed by atoms with Crippen LogP contribution in [0.25, 0.3) is 11.0 Å². The number of rotatable bonds is 2. The SMILES string of the molecule is C[C@@H]1Oc2c(C(=O)N3CCC(n4c(=O)[nH]c5ccccc54)CC3)cccc2[C@@H]1C. The van der Waals surface area contributed by atoms with Crippen LogP contribution in [0.4, 0.5) is 0 Å². The van der Waals surface area contributed by atoms with Crippen molar-refractivity contribution in [2.75, 3.05) is 13.1 Å². The Balaban J connectivity index is 1.36. The first-order valence-electron chi connectivity index (χ1n) is 10.3. The monoisotopic (exact) mass is 391 g/mol. The Kier molecular flexibility index (Phi) is 4.23. The van der Waals surface area contributed by atoms with Crippen LogP contribution >= 0.6 is 0 Å². The molecule has 2 atom stereocenters. The summed E-state index contributed by atoms with van der Waals surface area (Å²) in [5.74, 6) is 1.05. The zero-order valence-corrected chi connectivity index (χ0v) is 16.7. The first-order valence-corrected chi connectivity index (χ1v) is 10.3. The summed E-state index contributed by atoms with van der Waals surface area (Å²) in [5, 5.41) is 0. The highest BCUT2D eigenvalue weighted by Crippen LogP contribution is 2.41. The first-order chi connectivity index (χ1) is 14.0. The molecular formula is C23H25N3O3. The molecule has 2 aromatic carbocycles. The van der Waals surface area contributed by atoms with Gasteiger partial charge in [0.25, 0.3) is 5.91 Å². The number of nitrogens with one attached hydrogen (secondary N) is 1. The van der Waals surface area contributed by atoms with E-state index < -0.39 is 0 Å². The molecule has 6 heteroatoms. The van der Waals surface area contributed by atoms with E-state index in [1.165, 1.54) is 0 Å². The van der Waals surface area contributed by atoms with Gasteiger partial charge in [0.15, 0.2) is 0 Å². The average molecular weight is 391 g/mol. The van der Waals surface area contributed by atoms with Gasteiger partial charge in [0.05, 0.1) is 16.6 Å². The Labute approximate surface area is 169 Å². The van der Waals surface area contributed by atoms with Crippen LogP contribution in [0.15, 0.2) is 47.3 Å². The standard InChI is InChI=1S/C23H25N3O3/c1-14-15(2)29-21-17(14)6-5-7-18(21)22(27)25-12-10-16(11-13-25)26-20-9-4-3-8-19(20)24-23(26)28/h3-9,14-16H,10-13H2,1-2H3,(H,24,28)/t14-,15+/m1/s1. The number of carbonyl (C=O) groups is 1. The highest BCUT2D eigenvalue weighted by atomic mass is 16.5. The van der Waals surface area contributed by atoms with Crippen molar-refractivity contribution in [1.29, 1.82) is 0 Å². The third-order valence-corrected chi connectivity index (χ3v) is 6.52. The summed E-state index contributed by atoms with van der Waals surface area (Å²) in [6.07, 6.45) is 1.60. The van der Waals surface area contributed by atoms with Gasteiger partial charge in [-0.15, -0.1) is 0 Å². The lowest BCUT2D eigenvalue weighted by Gasteiger charge is -2.33. The predicted molar refractivity (Wildman–Crippen MR) is 112 cm³/mol. The molecule has 6 nitrogen and oxygen atoms in total. The zero-order chi connectivity index (χ0) is 20.1. The number of ether oxygens (including phenoxy) is 1. The smallest absolute Gasteiger partial charge is 0.326 e. The Morgan fingerprint density at radius 2 is 1.83 bits per heavy atom. The number of hydrogen-bond donors (Lipinski definition) is 1. The van der Waals surface area contributed by atoms with E-state index in [0.717, 1.165) is 35.2 Å². The second-order valence-electron chi connectivity index (χ2n) is 8.18. The van der Waals surface area contributed by atoms with E-state index >= 15 is 0 Å². The molecule has 0 saturated carbocycles. The molecule has 29 heavy (non-hydrogen) atoms. The van der Waals surface area contributed by atoms with Crippen LogP contribution in [-0.4, -0.2) is 39.6 Å². The van der Waals surface area contributed by atoms with Gasteiger partial charge in [-0.3, -0.25) is 9.36 Å². The number of likely N-dealkylation sites (tertiary alicyclic amines) is 1. The minimum atomic E-state index is -0.0757. The number of nitrogens with zero attached hydrogens (tertiary/aromatic N) is 2. The number of H-pyrrole nitrogens is 1. The van der Waals surface area contributed by atoms with E-state index in [4.69, 9.17) is 4.74 Å². The molecule has 5 rings (SSSR count). The zero-order valence-electron chi connectivity index (χ0n) is 16.7. The molecule has 1 amide bonds. The van der Waals surface area contributed by atoms with E-state index in [1.54, 1.807) is 0 Å². The second kappa shape index (κ2) is 6.79. The summed E-state index contributed by atoms with van der Waals surface area (Å²) < 4.78 is 7.86. The van der Waals surface area contributed by atoms with Crippen LogP contribution in [0.2, 0.25) is 0 Å². The molecule has 3 heterocycles. The topological polar surface area (TPSA) is 67.3 Å². The van der Waals surface area contributed by atoms with Gasteiger partial charge < -0.3 is 14.6 Å². The number of imidazole rings is 1. The second-order valence-corrected chi connectivity index (χ2v) is 8.18. The summed E-state index contributed by atoms with van der Waals surface area (Å²) in [6.45, 7) is 5.44. The number of aromatic nitrogens is 2. The van der Waals surface area contributed by atoms with Crippen LogP contribution in [0, 0.1) is 0 Å². The molecule has 3 aromatic rings. The van der Waals surface area contributed by atoms with Crippen LogP contribution in [0.1, 0.15) is 54.6 Å². The molecule has 0 bridgehead atoms. The van der Waals surface area contributed by atoms with Crippen molar-refractivity contribution >= 4 is 16.9 Å². The Hall–Kier alpha value is -3.02. The number of para-hydroxylation sites is 3. The maximum absolute atomic E-state index is 13.2. The number of carbonyl (C=O) groups excluding carboxylic acids is 1. The largest absolute Gasteiger partial charge is 0.489 e. The number of benzene rings is 2. The molecule has 0 unspecified atom stereocenters. The van der Waals surface area contributed by atoms with E-state index in [1.807, 2.05) is 52.8 Å². The fourth-order valence-electron chi connectivity index (χ4n) is 4.69. The van der Waals surface area contributed by atoms with Gasteiger partial charge in [0, 0.05) is 30.6 Å². The molecule has 1 saturated heterocycles. The van der Waals surface area contributed by atoms with Gasteiger partial charge in [-0.1, -0.05) is 31.2 Å². The van der Waals surface area contributed by atoms with Crippen molar-refractivity contribution in [2.24, 2.45) is 0 Å². The fourth-order valence-corrected chi connectivity index (χ4v) is 4.69. The Morgan fingerprint density at radius 1 is 1.07 bits per heavy atom. The van der Waals surface area contributed by atoms with Crippen molar-refractivity contribution in [3.63, 3.8) is 0 Å². The maximum Gasteiger partial charge on any atom is 0.326 e. The number of amides is 1. The number of hydrogen-bond acceptors (Lipinski definition) is 3. The quantitative estimate of drug-likeness (QED) is 0.724. The summed E-state index contributed by atoms with van der Waals surface area (Å²) in [6, 6.07) is 13.7. The molecule has 150 valence electrons. The molecular weight excluding hydrogens is 366 g/mol. The van der Waals surface area contributed by atoms with E-state index in [-0.39, 0.29) is 29.7 Å². The molecule has 1 aromatic heterocycles. The van der Waals surface area contributed by atoms with E-state index in [0.29, 0.717) is 18.7 Å². The summed E-state index contributed by atoms with van der Waals surface area (Å²) in [4.78, 5) is 30.5. The van der Waals surface area contributed by atoms with Crippen molar-refractivity contribution < 1.29 is 9.53 Å². The number of piperidine rings is 1. The van der Waals surface area contributed by atoms with Crippen molar-refractivity contribution in [3.8, 4) is 5.75 Å². The summed E-state index contributed by atoms with van der Waals surface area (Å²) >= 11 is 0. The van der Waals surface area contributed by atoms with Crippen molar-refractivity contribution in [3.05, 3.63) is 64.1 Å². The third kappa shape index (κ3) is 2.85. The van der Waals surface area contributed by atoms with Gasteiger partial charge >= 0.3 is 5.69 Å². The van der Waals surface area contributed by atoms with Crippen LogP contribution < -0.4 is 10.4 Å². The summed E-state index contributed by atoms with van der Waals surface area (Å²) in [7, 11) is 0. The minimum Gasteiger partial charge on any atom is -0.489 e. The van der Waals surface area contributed by atoms with Crippen molar-refractivity contribution in [1.82, 2.24) is 14.5 Å². The fraction of sp³-hybridized carbons (Fsp3) is 0.391. The maximum atomic E-state index is 13.2. The highest BCUT2D eigenvalue weighted by molar-refractivity contribution is 5.97. The first kappa shape index (κ1) is 18.0. The normalized spacial score (nSPS) is 21.9. The number of aromatic amines is 1. The van der Waals surface area contributed by atoms with Crippen LogP contribution in [0.3, 0.4) is 0 Å². The molecule has 1 N–H and O–H groups in total. The lowest BCUT2D eigenvalue weighted by Crippen LogP contribution is -2.40. The molecule has 0 radical (unpaired) electrons. The third-order valence-electron chi connectivity index (χ3n) is 6.52. The van der Waals surface area contributed by atoms with Gasteiger partial charge in [-0.2, -0.15) is 0 Å². The molecule has 1 fully saturated rings. The van der Waals surface area contributed by atoms with Gasteiger partial charge in [-0.05, 0) is 38.0 Å². The number of fused-ring (bicyclic) bond motifs is 2. The van der Waals surface area contributed by atoms with Crippen LogP contribution in [0.5, 0.6) is 5.75 Å². The van der Waals surface area contributed by atoms with Crippen LogP contribution in [-0.2, 0) is 0 Å². The van der Waals surface area contributed by atoms with Crippen molar-refractivity contribution in [2.45, 2.75) is 44.8 Å². The predicted octanol–water partition coefficient (Wildman–Crippen LogP) is 3.69. The van der Waals surface area contributed by atoms with E-state index in [9.17, 15) is 9.59 Å².